The maximum absolute atomic E-state index is 13.0. The second kappa shape index (κ2) is 10.6. The zero-order chi connectivity index (χ0) is 26.0. The molecule has 3 amide bonds. The van der Waals surface area contributed by atoms with Gasteiger partial charge in [0, 0.05) is 27.0 Å². The van der Waals surface area contributed by atoms with Crippen LogP contribution in [-0.2, 0) is 9.59 Å². The number of hydrogen-bond acceptors (Lipinski definition) is 5. The Hall–Kier alpha value is -3.52. The van der Waals surface area contributed by atoms with E-state index in [0.29, 0.717) is 22.7 Å². The molecule has 1 aliphatic rings. The quantitative estimate of drug-likeness (QED) is 0.333. The van der Waals surface area contributed by atoms with Gasteiger partial charge in [-0.05, 0) is 74.5 Å². The highest BCUT2D eigenvalue weighted by Crippen LogP contribution is 2.33. The molecule has 0 aromatic heterocycles. The topological polar surface area (TPSA) is 87.7 Å². The van der Waals surface area contributed by atoms with E-state index >= 15 is 0 Å². The number of hydrogen-bond donors (Lipinski definition) is 2. The third-order valence-corrected chi connectivity index (χ3v) is 5.80. The number of halogens is 3. The first-order valence-corrected chi connectivity index (χ1v) is 12.0. The molecule has 0 radical (unpaired) electrons. The monoisotopic (exact) mass is 543 g/mol. The van der Waals surface area contributed by atoms with E-state index in [9.17, 15) is 14.4 Å². The zero-order valence-electron chi connectivity index (χ0n) is 19.1. The largest absolute Gasteiger partial charge is 0.491 e. The maximum atomic E-state index is 13.0. The van der Waals surface area contributed by atoms with Gasteiger partial charge >= 0.3 is 0 Å². The minimum Gasteiger partial charge on any atom is -0.491 e. The van der Waals surface area contributed by atoms with Gasteiger partial charge in [-0.3, -0.25) is 14.4 Å². The smallest absolute Gasteiger partial charge is 0.283 e. The molecule has 0 fully saturated rings. The highest BCUT2D eigenvalue weighted by atomic mass is 35.5. The van der Waals surface area contributed by atoms with Gasteiger partial charge in [-0.25, -0.2) is 4.90 Å². The van der Waals surface area contributed by atoms with E-state index in [0.717, 1.165) is 4.90 Å². The van der Waals surface area contributed by atoms with Gasteiger partial charge in [-0.15, -0.1) is 0 Å². The van der Waals surface area contributed by atoms with E-state index in [1.807, 2.05) is 13.8 Å². The summed E-state index contributed by atoms with van der Waals surface area (Å²) in [6.45, 7) is 3.86. The molecule has 0 spiro atoms. The molecule has 7 nitrogen and oxygen atoms in total. The van der Waals surface area contributed by atoms with Crippen LogP contribution in [0, 0.1) is 0 Å². The number of carbonyl (C=O) groups is 3. The van der Waals surface area contributed by atoms with Crippen LogP contribution in [-0.4, -0.2) is 23.8 Å². The average molecular weight is 545 g/mol. The predicted octanol–water partition coefficient (Wildman–Crippen LogP) is 6.47. The Morgan fingerprint density at radius 3 is 2.17 bits per heavy atom. The number of rotatable bonds is 7. The second-order valence-corrected chi connectivity index (χ2v) is 9.36. The first kappa shape index (κ1) is 25.6. The SMILES string of the molecule is CC(C)Oc1ccc(NC(=O)c2cccc(NC3=C(Cl)C(=O)N(c4cc(Cl)cc(Cl)c4)C3=O)c2)cc1. The normalized spacial score (nSPS) is 13.4. The van der Waals surface area contributed by atoms with Crippen LogP contribution in [0.25, 0.3) is 0 Å². The average Bonchev–Trinajstić information content (AvgIpc) is 3.02. The maximum Gasteiger partial charge on any atom is 0.283 e. The summed E-state index contributed by atoms with van der Waals surface area (Å²) in [4.78, 5) is 39.4. The third kappa shape index (κ3) is 5.65. The van der Waals surface area contributed by atoms with Crippen molar-refractivity contribution < 1.29 is 19.1 Å². The van der Waals surface area contributed by atoms with E-state index in [2.05, 4.69) is 10.6 Å². The number of imide groups is 1. The zero-order valence-corrected chi connectivity index (χ0v) is 21.4. The molecule has 1 aliphatic heterocycles. The van der Waals surface area contributed by atoms with Crippen molar-refractivity contribution in [3.05, 3.63) is 93.1 Å². The van der Waals surface area contributed by atoms with Crippen molar-refractivity contribution in [1.29, 1.82) is 0 Å². The van der Waals surface area contributed by atoms with Crippen LogP contribution in [0.4, 0.5) is 17.1 Å². The van der Waals surface area contributed by atoms with Crippen molar-refractivity contribution in [2.45, 2.75) is 20.0 Å². The molecule has 3 aromatic rings. The first-order chi connectivity index (χ1) is 17.1. The lowest BCUT2D eigenvalue weighted by Crippen LogP contribution is -2.32. The van der Waals surface area contributed by atoms with Crippen LogP contribution in [0.2, 0.25) is 10.0 Å². The summed E-state index contributed by atoms with van der Waals surface area (Å²) in [5, 5.41) is 5.89. The molecule has 0 unspecified atom stereocenters. The van der Waals surface area contributed by atoms with Crippen molar-refractivity contribution >= 4 is 69.6 Å². The molecule has 3 aromatic carbocycles. The number of carbonyl (C=O) groups excluding carboxylic acids is 3. The van der Waals surface area contributed by atoms with Gasteiger partial charge in [0.25, 0.3) is 17.7 Å². The summed E-state index contributed by atoms with van der Waals surface area (Å²) in [7, 11) is 0. The molecule has 0 saturated carbocycles. The molecule has 4 rings (SSSR count). The Morgan fingerprint density at radius 2 is 1.53 bits per heavy atom. The van der Waals surface area contributed by atoms with Crippen molar-refractivity contribution in [1.82, 2.24) is 0 Å². The summed E-state index contributed by atoms with van der Waals surface area (Å²) < 4.78 is 5.61. The highest BCUT2D eigenvalue weighted by molar-refractivity contribution is 6.53. The van der Waals surface area contributed by atoms with Gasteiger partial charge in [-0.1, -0.05) is 40.9 Å². The number of nitrogens with one attached hydrogen (secondary N) is 2. The minimum atomic E-state index is -0.721. The van der Waals surface area contributed by atoms with Crippen LogP contribution in [0.15, 0.2) is 77.5 Å². The van der Waals surface area contributed by atoms with E-state index in [4.69, 9.17) is 39.5 Å². The molecule has 1 heterocycles. The molecule has 36 heavy (non-hydrogen) atoms. The summed E-state index contributed by atoms with van der Waals surface area (Å²) in [5.41, 5.74) is 1.37. The molecular weight excluding hydrogens is 525 g/mol. The van der Waals surface area contributed by atoms with Crippen LogP contribution in [0.5, 0.6) is 5.75 Å². The minimum absolute atomic E-state index is 0.0433. The van der Waals surface area contributed by atoms with Gasteiger partial charge < -0.3 is 15.4 Å². The van der Waals surface area contributed by atoms with Gasteiger partial charge in [0.15, 0.2) is 0 Å². The third-order valence-electron chi connectivity index (χ3n) is 5.01. The molecule has 184 valence electrons. The van der Waals surface area contributed by atoms with E-state index in [1.165, 1.54) is 18.2 Å². The molecule has 10 heteroatoms. The number of anilines is 3. The summed E-state index contributed by atoms with van der Waals surface area (Å²) in [6, 6.07) is 17.8. The summed E-state index contributed by atoms with van der Waals surface area (Å²) in [5.74, 6) is -1.06. The van der Waals surface area contributed by atoms with Crippen LogP contribution < -0.4 is 20.3 Å². The fourth-order valence-corrected chi connectivity index (χ4v) is 4.22. The fourth-order valence-electron chi connectivity index (χ4n) is 3.49. The Bertz CT molecular complexity index is 1370. The number of benzene rings is 3. The molecular formula is C26H20Cl3N3O4. The molecule has 0 aliphatic carbocycles. The summed E-state index contributed by atoms with van der Waals surface area (Å²) >= 11 is 18.2. The molecule has 0 atom stereocenters. The highest BCUT2D eigenvalue weighted by Gasteiger charge is 2.39. The van der Waals surface area contributed by atoms with Crippen molar-refractivity contribution in [3.63, 3.8) is 0 Å². The van der Waals surface area contributed by atoms with Gasteiger partial charge in [0.1, 0.15) is 16.5 Å². The predicted molar refractivity (Wildman–Crippen MR) is 142 cm³/mol. The lowest BCUT2D eigenvalue weighted by atomic mass is 10.1. The standard InChI is InChI=1S/C26H20Cl3N3O4/c1-14(2)36-21-8-6-18(7-9-21)31-24(33)15-4-3-5-19(10-15)30-23-22(29)25(34)32(26(23)35)20-12-16(27)11-17(28)13-20/h3-14,30H,1-2H3,(H,31,33). The lowest BCUT2D eigenvalue weighted by molar-refractivity contribution is -0.120. The number of ether oxygens (including phenoxy) is 1. The molecule has 0 bridgehead atoms. The van der Waals surface area contributed by atoms with Crippen LogP contribution in [0.1, 0.15) is 24.2 Å². The van der Waals surface area contributed by atoms with E-state index < -0.39 is 11.8 Å². The Labute approximate surface area is 222 Å². The van der Waals surface area contributed by atoms with Crippen LogP contribution in [0.3, 0.4) is 0 Å². The van der Waals surface area contributed by atoms with Gasteiger partial charge in [0.2, 0.25) is 0 Å². The fraction of sp³-hybridized carbons (Fsp3) is 0.115. The number of amides is 3. The van der Waals surface area contributed by atoms with Gasteiger partial charge in [-0.2, -0.15) is 0 Å². The van der Waals surface area contributed by atoms with Crippen LogP contribution >= 0.6 is 34.8 Å². The Morgan fingerprint density at radius 1 is 0.861 bits per heavy atom. The molecule has 0 saturated heterocycles. The van der Waals surface area contributed by atoms with Gasteiger partial charge in [0.05, 0.1) is 11.8 Å². The Balaban J connectivity index is 1.49. The Kier molecular flexibility index (Phi) is 7.54. The van der Waals surface area contributed by atoms with E-state index in [-0.39, 0.29) is 38.5 Å². The number of nitrogens with zero attached hydrogens (tertiary/aromatic N) is 1. The molecule has 2 N–H and O–H groups in total. The second-order valence-electron chi connectivity index (χ2n) is 8.11. The lowest BCUT2D eigenvalue weighted by Gasteiger charge is -2.16. The van der Waals surface area contributed by atoms with Crippen molar-refractivity contribution in [2.75, 3.05) is 15.5 Å². The van der Waals surface area contributed by atoms with Crippen molar-refractivity contribution in [3.8, 4) is 5.75 Å². The summed E-state index contributed by atoms with van der Waals surface area (Å²) in [6.07, 6.45) is 0.0433. The van der Waals surface area contributed by atoms with E-state index in [1.54, 1.807) is 48.5 Å². The first-order valence-electron chi connectivity index (χ1n) is 10.8. The van der Waals surface area contributed by atoms with Crippen molar-refractivity contribution in [2.24, 2.45) is 0 Å².